The number of allylic oxidation sites excluding steroid dienone is 1. The van der Waals surface area contributed by atoms with Crippen molar-refractivity contribution in [1.29, 1.82) is 0 Å². The van der Waals surface area contributed by atoms with Crippen LogP contribution in [0.15, 0.2) is 41.0 Å². The van der Waals surface area contributed by atoms with Crippen LogP contribution in [0.4, 0.5) is 0 Å². The monoisotopic (exact) mass is 515 g/mol. The highest BCUT2D eigenvalue weighted by molar-refractivity contribution is 6.05. The first kappa shape index (κ1) is 28.6. The van der Waals surface area contributed by atoms with Crippen LogP contribution in [0, 0.1) is 17.8 Å². The Balaban J connectivity index is 1.70. The molecular formula is C28H37NO8. The van der Waals surface area contributed by atoms with Gasteiger partial charge in [-0.2, -0.15) is 0 Å². The zero-order valence-electron chi connectivity index (χ0n) is 21.2. The minimum absolute atomic E-state index is 0.0350. The number of rotatable bonds is 13. The second-order valence-corrected chi connectivity index (χ2v) is 10.0. The van der Waals surface area contributed by atoms with E-state index in [9.17, 15) is 34.8 Å². The molecule has 1 aliphatic heterocycles. The van der Waals surface area contributed by atoms with Gasteiger partial charge in [0.1, 0.15) is 5.75 Å². The lowest BCUT2D eigenvalue weighted by molar-refractivity contribution is -0.141. The summed E-state index contributed by atoms with van der Waals surface area (Å²) >= 11 is 0. The van der Waals surface area contributed by atoms with Crippen LogP contribution in [0.25, 0.3) is 6.08 Å². The van der Waals surface area contributed by atoms with Crippen molar-refractivity contribution in [2.75, 3.05) is 19.8 Å². The Morgan fingerprint density at radius 1 is 1.14 bits per heavy atom. The molecule has 2 amide bonds. The maximum atomic E-state index is 13.3. The molecule has 5 N–H and O–H groups in total. The van der Waals surface area contributed by atoms with Crippen molar-refractivity contribution in [2.45, 2.75) is 58.0 Å². The van der Waals surface area contributed by atoms with Gasteiger partial charge in [-0.3, -0.25) is 19.3 Å². The van der Waals surface area contributed by atoms with Gasteiger partial charge in [-0.15, -0.1) is 0 Å². The summed E-state index contributed by atoms with van der Waals surface area (Å²) in [5.74, 6) is -3.69. The number of hydrogen-bond acceptors (Lipinski definition) is 7. The number of hydrogen-bond donors (Lipinski definition) is 5. The van der Waals surface area contributed by atoms with E-state index in [-0.39, 0.29) is 43.6 Å². The van der Waals surface area contributed by atoms with Crippen LogP contribution in [0.5, 0.6) is 5.75 Å². The summed E-state index contributed by atoms with van der Waals surface area (Å²) < 4.78 is 0. The lowest BCUT2D eigenvalue weighted by atomic mass is 9.68. The molecule has 1 fully saturated rings. The predicted molar refractivity (Wildman–Crippen MR) is 136 cm³/mol. The van der Waals surface area contributed by atoms with Gasteiger partial charge in [-0.05, 0) is 67.9 Å². The Labute approximate surface area is 216 Å². The molecule has 9 nitrogen and oxygen atoms in total. The van der Waals surface area contributed by atoms with Crippen LogP contribution in [-0.2, 0) is 14.4 Å². The lowest BCUT2D eigenvalue weighted by Crippen LogP contribution is -2.39. The number of carboxylic acids is 1. The second-order valence-electron chi connectivity index (χ2n) is 10.0. The first-order valence-corrected chi connectivity index (χ1v) is 12.8. The van der Waals surface area contributed by atoms with Crippen molar-refractivity contribution in [1.82, 2.24) is 4.90 Å². The molecule has 2 aliphatic rings. The highest BCUT2D eigenvalue weighted by Crippen LogP contribution is 2.46. The van der Waals surface area contributed by atoms with Gasteiger partial charge in [-0.25, -0.2) is 0 Å². The number of aliphatic carboxylic acids is 1. The molecule has 0 spiro atoms. The number of phenolic OH excluding ortho intramolecular Hbond substituents is 1. The number of carbonyl (C=O) groups excluding carboxylic acids is 2. The second kappa shape index (κ2) is 13.0. The number of aromatic hydroxyl groups is 1. The molecule has 4 atom stereocenters. The van der Waals surface area contributed by atoms with E-state index in [1.165, 1.54) is 4.90 Å². The van der Waals surface area contributed by atoms with Crippen LogP contribution in [0.3, 0.4) is 0 Å². The SMILES string of the molecule is C/C(=C\c1cccc(O)c1)CC[C@@H](O)C1=C(CO)C[C@H]2C(=O)N(CCCCCC(=O)O)C(=O)[C@H]2[C@H]1CO. The van der Waals surface area contributed by atoms with Crippen molar-refractivity contribution in [2.24, 2.45) is 17.8 Å². The fraction of sp³-hybridized carbons (Fsp3) is 0.536. The number of imide groups is 1. The molecule has 0 radical (unpaired) electrons. The number of amides is 2. The molecule has 1 heterocycles. The quantitative estimate of drug-likeness (QED) is 0.152. The molecular weight excluding hydrogens is 478 g/mol. The summed E-state index contributed by atoms with van der Waals surface area (Å²) in [5, 5.41) is 49.9. The Bertz CT molecular complexity index is 1060. The minimum Gasteiger partial charge on any atom is -0.508 e. The summed E-state index contributed by atoms with van der Waals surface area (Å²) in [4.78, 5) is 38.2. The summed E-state index contributed by atoms with van der Waals surface area (Å²) in [6.07, 6.45) is 3.45. The zero-order valence-corrected chi connectivity index (χ0v) is 21.2. The lowest BCUT2D eigenvalue weighted by Gasteiger charge is -2.36. The summed E-state index contributed by atoms with van der Waals surface area (Å²) in [6.45, 7) is 1.29. The topological polar surface area (TPSA) is 156 Å². The van der Waals surface area contributed by atoms with Gasteiger partial charge in [0.2, 0.25) is 11.8 Å². The molecule has 202 valence electrons. The van der Waals surface area contributed by atoms with Crippen molar-refractivity contribution in [3.63, 3.8) is 0 Å². The zero-order chi connectivity index (χ0) is 27.1. The number of likely N-dealkylation sites (tertiary alicyclic amines) is 1. The third-order valence-electron chi connectivity index (χ3n) is 7.39. The molecule has 1 aromatic rings. The van der Waals surface area contributed by atoms with Crippen molar-refractivity contribution in [3.05, 3.63) is 46.5 Å². The van der Waals surface area contributed by atoms with Crippen molar-refractivity contribution < 1.29 is 39.9 Å². The van der Waals surface area contributed by atoms with Crippen LogP contribution in [0.2, 0.25) is 0 Å². The van der Waals surface area contributed by atoms with E-state index in [4.69, 9.17) is 5.11 Å². The third kappa shape index (κ3) is 6.85. The van der Waals surface area contributed by atoms with E-state index in [0.717, 1.165) is 11.1 Å². The van der Waals surface area contributed by atoms with E-state index in [0.29, 0.717) is 43.3 Å². The van der Waals surface area contributed by atoms with Gasteiger partial charge in [0, 0.05) is 18.9 Å². The minimum atomic E-state index is -0.999. The molecule has 3 rings (SSSR count). The van der Waals surface area contributed by atoms with Crippen molar-refractivity contribution >= 4 is 23.9 Å². The fourth-order valence-electron chi connectivity index (χ4n) is 5.61. The largest absolute Gasteiger partial charge is 0.508 e. The number of fused-ring (bicyclic) bond motifs is 1. The maximum absolute atomic E-state index is 13.3. The van der Waals surface area contributed by atoms with Crippen LogP contribution < -0.4 is 0 Å². The molecule has 0 bridgehead atoms. The first-order chi connectivity index (χ1) is 17.7. The smallest absolute Gasteiger partial charge is 0.303 e. The fourth-order valence-corrected chi connectivity index (χ4v) is 5.61. The third-order valence-corrected chi connectivity index (χ3v) is 7.39. The van der Waals surface area contributed by atoms with Gasteiger partial charge in [0.05, 0.1) is 31.2 Å². The number of unbranched alkanes of at least 4 members (excludes halogenated alkanes) is 2. The first-order valence-electron chi connectivity index (χ1n) is 12.8. The molecule has 1 saturated heterocycles. The number of nitrogens with zero attached hydrogens (tertiary/aromatic N) is 1. The number of aliphatic hydroxyl groups excluding tert-OH is 3. The standard InChI is InChI=1S/C28H37NO8/c1-17(12-18-6-5-7-20(32)13-18)9-10-23(33)25-19(15-30)14-21-26(22(25)16-31)28(37)29(27(21)36)11-4-2-3-8-24(34)35/h5-7,12-13,21-23,26,30-33H,2-4,8-11,14-16H2,1H3,(H,34,35)/b17-12+/t21-,22+,23-,26-/m1/s1. The molecule has 9 heteroatoms. The Hall–Kier alpha value is -3.01. The molecule has 1 aliphatic carbocycles. The highest BCUT2D eigenvalue weighted by atomic mass is 16.4. The molecule has 1 aromatic carbocycles. The summed E-state index contributed by atoms with van der Waals surface area (Å²) in [5.41, 5.74) is 2.73. The van der Waals surface area contributed by atoms with E-state index < -0.39 is 36.4 Å². The van der Waals surface area contributed by atoms with Crippen molar-refractivity contribution in [3.8, 4) is 5.75 Å². The van der Waals surface area contributed by atoms with Gasteiger partial charge in [-0.1, -0.05) is 30.2 Å². The highest BCUT2D eigenvalue weighted by Gasteiger charge is 2.54. The van der Waals surface area contributed by atoms with Gasteiger partial charge < -0.3 is 25.5 Å². The summed E-state index contributed by atoms with van der Waals surface area (Å²) in [7, 11) is 0. The molecule has 0 aromatic heterocycles. The normalized spacial score (nSPS) is 23.0. The van der Waals surface area contributed by atoms with Crippen LogP contribution >= 0.6 is 0 Å². The Morgan fingerprint density at radius 3 is 2.54 bits per heavy atom. The van der Waals surface area contributed by atoms with E-state index >= 15 is 0 Å². The predicted octanol–water partition coefficient (Wildman–Crippen LogP) is 2.48. The molecule has 0 saturated carbocycles. The Morgan fingerprint density at radius 2 is 1.89 bits per heavy atom. The number of benzene rings is 1. The maximum Gasteiger partial charge on any atom is 0.303 e. The van der Waals surface area contributed by atoms with Gasteiger partial charge >= 0.3 is 5.97 Å². The van der Waals surface area contributed by atoms with E-state index in [2.05, 4.69) is 0 Å². The van der Waals surface area contributed by atoms with E-state index in [1.54, 1.807) is 18.2 Å². The number of carboxylic acid groups (broad SMARTS) is 1. The average molecular weight is 516 g/mol. The molecule has 37 heavy (non-hydrogen) atoms. The van der Waals surface area contributed by atoms with Gasteiger partial charge in [0.15, 0.2) is 0 Å². The van der Waals surface area contributed by atoms with E-state index in [1.807, 2.05) is 19.1 Å². The number of carbonyl (C=O) groups is 3. The van der Waals surface area contributed by atoms with Crippen LogP contribution in [-0.4, -0.2) is 74.1 Å². The van der Waals surface area contributed by atoms with Crippen LogP contribution in [0.1, 0.15) is 57.4 Å². The number of phenols is 1. The number of aliphatic hydroxyl groups is 3. The molecule has 0 unspecified atom stereocenters. The Kier molecular flexibility index (Phi) is 10.0. The van der Waals surface area contributed by atoms with Gasteiger partial charge in [0.25, 0.3) is 0 Å². The summed E-state index contributed by atoms with van der Waals surface area (Å²) in [6, 6.07) is 6.82. The average Bonchev–Trinajstić information content (AvgIpc) is 3.10.